The number of halogens is 2. The molecule has 1 aromatic rings. The molecule has 1 rings (SSSR count). The fourth-order valence-electron chi connectivity index (χ4n) is 1.29. The lowest BCUT2D eigenvalue weighted by Crippen LogP contribution is -2.20. The Hall–Kier alpha value is -0.490. The number of rotatable bonds is 4. The Morgan fingerprint density at radius 2 is 2.00 bits per heavy atom. The largest absolute Gasteiger partial charge is 0.392 e. The molecule has 0 saturated heterocycles. The zero-order chi connectivity index (χ0) is 11.4. The van der Waals surface area contributed by atoms with Crippen LogP contribution in [-0.2, 0) is 6.61 Å². The van der Waals surface area contributed by atoms with Gasteiger partial charge >= 0.3 is 0 Å². The molecule has 84 valence electrons. The van der Waals surface area contributed by atoms with Crippen LogP contribution >= 0.6 is 15.9 Å². The molecule has 0 heterocycles. The highest BCUT2D eigenvalue weighted by molar-refractivity contribution is 9.09. The molecule has 0 fully saturated rings. The van der Waals surface area contributed by atoms with Crippen molar-refractivity contribution >= 4 is 15.9 Å². The first-order valence-electron chi connectivity index (χ1n) is 4.41. The summed E-state index contributed by atoms with van der Waals surface area (Å²) in [7, 11) is 0. The highest BCUT2D eigenvalue weighted by atomic mass is 79.9. The number of alkyl halides is 1. The Morgan fingerprint density at radius 3 is 2.53 bits per heavy atom. The Kier molecular flexibility index (Phi) is 4.66. The van der Waals surface area contributed by atoms with Gasteiger partial charge in [-0.15, -0.1) is 0 Å². The van der Waals surface area contributed by atoms with E-state index in [4.69, 9.17) is 5.11 Å². The van der Waals surface area contributed by atoms with Crippen molar-refractivity contribution in [1.29, 1.82) is 0 Å². The quantitative estimate of drug-likeness (QED) is 0.723. The summed E-state index contributed by atoms with van der Waals surface area (Å²) in [6, 6.07) is 3.68. The van der Waals surface area contributed by atoms with Crippen LogP contribution < -0.4 is 0 Å². The molecule has 0 aliphatic rings. The summed E-state index contributed by atoms with van der Waals surface area (Å²) in [4.78, 5) is 0. The van der Waals surface area contributed by atoms with Gasteiger partial charge in [0.05, 0.1) is 12.7 Å². The highest BCUT2D eigenvalue weighted by Crippen LogP contribution is 2.23. The smallest absolute Gasteiger partial charge is 0.123 e. The van der Waals surface area contributed by atoms with E-state index in [1.54, 1.807) is 0 Å². The van der Waals surface area contributed by atoms with Crippen LogP contribution in [0.1, 0.15) is 17.2 Å². The minimum absolute atomic E-state index is 0.205. The fourth-order valence-corrected chi connectivity index (χ4v) is 1.65. The van der Waals surface area contributed by atoms with Gasteiger partial charge in [-0.3, -0.25) is 0 Å². The van der Waals surface area contributed by atoms with E-state index in [1.165, 1.54) is 12.1 Å². The molecule has 0 aliphatic heterocycles. The van der Waals surface area contributed by atoms with Gasteiger partial charge in [-0.1, -0.05) is 22.0 Å². The minimum atomic E-state index is -1.13. The lowest BCUT2D eigenvalue weighted by molar-refractivity contribution is 0.0329. The molecule has 3 nitrogen and oxygen atoms in total. The van der Waals surface area contributed by atoms with Gasteiger partial charge in [-0.05, 0) is 23.3 Å². The zero-order valence-corrected chi connectivity index (χ0v) is 9.48. The molecule has 1 aromatic carbocycles. The number of hydrogen-bond donors (Lipinski definition) is 3. The predicted octanol–water partition coefficient (Wildman–Crippen LogP) is 1.11. The van der Waals surface area contributed by atoms with Crippen LogP contribution in [0.2, 0.25) is 0 Å². The van der Waals surface area contributed by atoms with Crippen LogP contribution in [0.25, 0.3) is 0 Å². The van der Waals surface area contributed by atoms with Crippen molar-refractivity contribution < 1.29 is 19.7 Å². The summed E-state index contributed by atoms with van der Waals surface area (Å²) in [5, 5.41) is 28.3. The molecule has 0 bridgehead atoms. The van der Waals surface area contributed by atoms with Crippen LogP contribution in [-0.4, -0.2) is 26.8 Å². The third-order valence-electron chi connectivity index (χ3n) is 2.12. The van der Waals surface area contributed by atoms with Crippen molar-refractivity contribution in [3.05, 3.63) is 35.1 Å². The average Bonchev–Trinajstić information content (AvgIpc) is 2.26. The lowest BCUT2D eigenvalue weighted by Gasteiger charge is -2.18. The van der Waals surface area contributed by atoms with E-state index in [-0.39, 0.29) is 17.5 Å². The van der Waals surface area contributed by atoms with Crippen molar-refractivity contribution in [2.45, 2.75) is 18.8 Å². The van der Waals surface area contributed by atoms with Crippen LogP contribution in [0.15, 0.2) is 18.2 Å². The van der Waals surface area contributed by atoms with Gasteiger partial charge in [0.25, 0.3) is 0 Å². The maximum absolute atomic E-state index is 12.8. The van der Waals surface area contributed by atoms with E-state index in [0.717, 1.165) is 6.07 Å². The van der Waals surface area contributed by atoms with Gasteiger partial charge < -0.3 is 15.3 Å². The van der Waals surface area contributed by atoms with E-state index in [2.05, 4.69) is 15.9 Å². The second-order valence-corrected chi connectivity index (χ2v) is 3.82. The highest BCUT2D eigenvalue weighted by Gasteiger charge is 2.20. The summed E-state index contributed by atoms with van der Waals surface area (Å²) in [5.74, 6) is -0.483. The molecule has 0 spiro atoms. The van der Waals surface area contributed by atoms with Gasteiger partial charge in [0.15, 0.2) is 0 Å². The Labute approximate surface area is 95.3 Å². The predicted molar refractivity (Wildman–Crippen MR) is 57.1 cm³/mol. The maximum atomic E-state index is 12.8. The van der Waals surface area contributed by atoms with E-state index in [1.807, 2.05) is 0 Å². The van der Waals surface area contributed by atoms with Crippen molar-refractivity contribution in [2.24, 2.45) is 0 Å². The lowest BCUT2D eigenvalue weighted by atomic mass is 9.99. The molecule has 0 aliphatic carbocycles. The first kappa shape index (κ1) is 12.6. The topological polar surface area (TPSA) is 60.7 Å². The normalized spacial score (nSPS) is 15.0. The van der Waals surface area contributed by atoms with Crippen LogP contribution in [0, 0.1) is 5.82 Å². The number of hydrogen-bond acceptors (Lipinski definition) is 3. The second-order valence-electron chi connectivity index (χ2n) is 3.17. The van der Waals surface area contributed by atoms with E-state index >= 15 is 0 Å². The van der Waals surface area contributed by atoms with Gasteiger partial charge in [0.1, 0.15) is 11.9 Å². The van der Waals surface area contributed by atoms with E-state index < -0.39 is 18.0 Å². The number of aliphatic hydroxyl groups is 3. The van der Waals surface area contributed by atoms with Crippen LogP contribution in [0.3, 0.4) is 0 Å². The van der Waals surface area contributed by atoms with Gasteiger partial charge in [0, 0.05) is 5.33 Å². The maximum Gasteiger partial charge on any atom is 0.123 e. The molecule has 3 N–H and O–H groups in total. The standard InChI is InChI=1S/C10H12BrFO3/c11-4-9(14)10(15)8-2-1-7(12)3-6(8)5-13/h1-3,9-10,13-15H,4-5H2. The second kappa shape index (κ2) is 5.55. The SMILES string of the molecule is OCc1cc(F)ccc1C(O)C(O)CBr. The van der Waals surface area contributed by atoms with E-state index in [9.17, 15) is 14.6 Å². The number of benzene rings is 1. The third kappa shape index (κ3) is 2.98. The molecule has 2 unspecified atom stereocenters. The van der Waals surface area contributed by atoms with Gasteiger partial charge in [-0.25, -0.2) is 4.39 Å². The average molecular weight is 279 g/mol. The first-order valence-corrected chi connectivity index (χ1v) is 5.53. The molecule has 0 aromatic heterocycles. The van der Waals surface area contributed by atoms with Crippen LogP contribution in [0.4, 0.5) is 4.39 Å². The first-order chi connectivity index (χ1) is 7.10. The van der Waals surface area contributed by atoms with Gasteiger partial charge in [0.2, 0.25) is 0 Å². The van der Waals surface area contributed by atoms with Crippen molar-refractivity contribution in [1.82, 2.24) is 0 Å². The van der Waals surface area contributed by atoms with E-state index in [0.29, 0.717) is 5.56 Å². The summed E-state index contributed by atoms with van der Waals surface area (Å²) >= 11 is 3.03. The third-order valence-corrected chi connectivity index (χ3v) is 2.78. The Bertz CT molecular complexity index is 332. The fraction of sp³-hybridized carbons (Fsp3) is 0.400. The molecule has 0 saturated carbocycles. The molecular formula is C10H12BrFO3. The monoisotopic (exact) mass is 278 g/mol. The molecule has 15 heavy (non-hydrogen) atoms. The zero-order valence-electron chi connectivity index (χ0n) is 7.90. The van der Waals surface area contributed by atoms with Crippen LogP contribution in [0.5, 0.6) is 0 Å². The summed E-state index contributed by atoms with van der Waals surface area (Å²) < 4.78 is 12.8. The van der Waals surface area contributed by atoms with Crippen molar-refractivity contribution in [2.75, 3.05) is 5.33 Å². The molecular weight excluding hydrogens is 267 g/mol. The molecule has 2 atom stereocenters. The van der Waals surface area contributed by atoms with Crippen molar-refractivity contribution in [3.8, 4) is 0 Å². The summed E-state index contributed by atoms with van der Waals surface area (Å²) in [6.07, 6.45) is -2.12. The Morgan fingerprint density at radius 1 is 1.33 bits per heavy atom. The molecule has 0 amide bonds. The summed E-state index contributed by atoms with van der Waals surface area (Å²) in [5.41, 5.74) is 0.619. The number of aliphatic hydroxyl groups excluding tert-OH is 3. The molecule has 0 radical (unpaired) electrons. The molecule has 5 heteroatoms. The van der Waals surface area contributed by atoms with Crippen molar-refractivity contribution in [3.63, 3.8) is 0 Å². The summed E-state index contributed by atoms with van der Waals surface area (Å²) in [6.45, 7) is -0.376. The minimum Gasteiger partial charge on any atom is -0.392 e. The van der Waals surface area contributed by atoms with Gasteiger partial charge in [-0.2, -0.15) is 0 Å². The Balaban J connectivity index is 3.02.